The molecule has 0 aliphatic carbocycles. The van der Waals surface area contributed by atoms with Crippen molar-refractivity contribution < 1.29 is 9.84 Å². The first-order valence-corrected chi connectivity index (χ1v) is 10.1. The van der Waals surface area contributed by atoms with Crippen molar-refractivity contribution in [2.45, 2.75) is 6.54 Å². The number of ether oxygens (including phenoxy) is 1. The van der Waals surface area contributed by atoms with Gasteiger partial charge in [-0.1, -0.05) is 12.6 Å². The van der Waals surface area contributed by atoms with Crippen LogP contribution in [0.5, 0.6) is 11.5 Å². The van der Waals surface area contributed by atoms with E-state index in [4.69, 9.17) is 11.3 Å². The summed E-state index contributed by atoms with van der Waals surface area (Å²) >= 11 is 0. The van der Waals surface area contributed by atoms with Crippen LogP contribution in [0.25, 0.3) is 15.9 Å². The lowest BCUT2D eigenvalue weighted by Gasteiger charge is -2.36. The molecule has 3 heterocycles. The van der Waals surface area contributed by atoms with E-state index in [2.05, 4.69) is 14.7 Å². The van der Waals surface area contributed by atoms with Gasteiger partial charge in [0.2, 0.25) is 5.52 Å². The fourth-order valence-electron chi connectivity index (χ4n) is 4.03. The highest BCUT2D eigenvalue weighted by Crippen LogP contribution is 2.30. The summed E-state index contributed by atoms with van der Waals surface area (Å²) < 4.78 is 6.54. The molecule has 0 saturated carbocycles. The van der Waals surface area contributed by atoms with Crippen molar-refractivity contribution in [3.05, 3.63) is 63.2 Å². The summed E-state index contributed by atoms with van der Waals surface area (Å²) in [4.78, 5) is 24.8. The van der Waals surface area contributed by atoms with Crippen molar-refractivity contribution in [1.82, 2.24) is 14.5 Å². The molecule has 9 nitrogen and oxygen atoms in total. The number of aryl methyl sites for hydroxylation is 1. The summed E-state index contributed by atoms with van der Waals surface area (Å²) in [6, 6.07) is 10.6. The molecule has 1 aliphatic rings. The normalized spacial score (nSPS) is 14.2. The number of nitriles is 1. The number of pyridine rings is 2. The minimum absolute atomic E-state index is 0.0379. The largest absolute Gasteiger partial charge is 0.507 e. The monoisotopic (exact) mass is 430 g/mol. The Morgan fingerprint density at radius 3 is 2.62 bits per heavy atom. The van der Waals surface area contributed by atoms with Gasteiger partial charge in [-0.2, -0.15) is 5.26 Å². The molecule has 0 spiro atoms. The highest BCUT2D eigenvalue weighted by atomic mass is 16.5. The summed E-state index contributed by atoms with van der Waals surface area (Å²) in [6.07, 6.45) is 0. The van der Waals surface area contributed by atoms with E-state index in [0.717, 1.165) is 5.56 Å². The predicted molar refractivity (Wildman–Crippen MR) is 120 cm³/mol. The Hall–Kier alpha value is -4.08. The molecule has 1 aliphatic heterocycles. The van der Waals surface area contributed by atoms with Crippen LogP contribution < -0.4 is 15.2 Å². The molecule has 2 aromatic heterocycles. The number of anilines is 1. The molecule has 1 N–H and O–H groups in total. The molecule has 1 aromatic carbocycles. The Kier molecular flexibility index (Phi) is 5.67. The number of piperazine rings is 1. The molecule has 0 atom stereocenters. The second-order valence-electron chi connectivity index (χ2n) is 7.61. The van der Waals surface area contributed by atoms with E-state index < -0.39 is 0 Å². The maximum absolute atomic E-state index is 12.8. The SMILES string of the molecule is [C-]#[N+]c1ccc2c(n1)c(N1CCN(Cc3ccc(OC)cc3O)CC1)c(C#N)c(=O)n2C. The lowest BCUT2D eigenvalue weighted by molar-refractivity contribution is 0.246. The van der Waals surface area contributed by atoms with Crippen molar-refractivity contribution in [2.75, 3.05) is 38.2 Å². The van der Waals surface area contributed by atoms with Gasteiger partial charge in [-0.25, -0.2) is 0 Å². The van der Waals surface area contributed by atoms with Crippen molar-refractivity contribution in [3.63, 3.8) is 0 Å². The molecule has 0 radical (unpaired) electrons. The summed E-state index contributed by atoms with van der Waals surface area (Å²) in [5, 5.41) is 20.0. The zero-order chi connectivity index (χ0) is 22.8. The van der Waals surface area contributed by atoms with Gasteiger partial charge in [0.1, 0.15) is 28.8 Å². The summed E-state index contributed by atoms with van der Waals surface area (Å²) in [6.45, 7) is 10.4. The number of methoxy groups -OCH3 is 1. The van der Waals surface area contributed by atoms with Crippen molar-refractivity contribution in [1.29, 1.82) is 5.26 Å². The van der Waals surface area contributed by atoms with Gasteiger partial charge in [-0.05, 0) is 18.2 Å². The maximum Gasteiger partial charge on any atom is 0.271 e. The first kappa shape index (κ1) is 21.2. The van der Waals surface area contributed by atoms with E-state index in [-0.39, 0.29) is 22.7 Å². The zero-order valence-corrected chi connectivity index (χ0v) is 17.9. The Morgan fingerprint density at radius 1 is 1.25 bits per heavy atom. The highest BCUT2D eigenvalue weighted by molar-refractivity contribution is 5.92. The molecule has 162 valence electrons. The third-order valence-corrected chi connectivity index (χ3v) is 5.80. The predicted octanol–water partition coefficient (Wildman–Crippen LogP) is 2.39. The van der Waals surface area contributed by atoms with Crippen LogP contribution in [-0.4, -0.2) is 52.8 Å². The van der Waals surface area contributed by atoms with Gasteiger partial charge < -0.3 is 24.2 Å². The number of phenolic OH excluding ortho intramolecular Hbond substituents is 1. The number of hydrogen-bond acceptors (Lipinski definition) is 7. The minimum Gasteiger partial charge on any atom is -0.507 e. The van der Waals surface area contributed by atoms with Gasteiger partial charge in [-0.3, -0.25) is 9.69 Å². The lowest BCUT2D eigenvalue weighted by Crippen LogP contribution is -2.47. The third-order valence-electron chi connectivity index (χ3n) is 5.80. The fraction of sp³-hybridized carbons (Fsp3) is 0.304. The van der Waals surface area contributed by atoms with E-state index >= 15 is 0 Å². The minimum atomic E-state index is -0.377. The Labute approximate surface area is 185 Å². The molecular formula is C23H22N6O3. The topological polar surface area (TPSA) is 99.0 Å². The van der Waals surface area contributed by atoms with Crippen molar-refractivity contribution in [3.8, 4) is 17.6 Å². The van der Waals surface area contributed by atoms with Crippen molar-refractivity contribution in [2.24, 2.45) is 7.05 Å². The van der Waals surface area contributed by atoms with Crippen molar-refractivity contribution >= 4 is 22.5 Å². The van der Waals surface area contributed by atoms with Gasteiger partial charge >= 0.3 is 0 Å². The number of rotatable bonds is 4. The standard InChI is InChI=1S/C23H22N6O3/c1-25-20-7-6-18-21(26-20)22(17(13-24)23(31)27(18)2)29-10-8-28(9-11-29)14-15-4-5-16(32-3)12-19(15)30/h4-7,12,30H,8-11,14H2,2-3H3. The quantitative estimate of drug-likeness (QED) is 0.635. The van der Waals surface area contributed by atoms with Crippen LogP contribution in [0.2, 0.25) is 0 Å². The first-order chi connectivity index (χ1) is 15.5. The van der Waals surface area contributed by atoms with Gasteiger partial charge in [0.15, 0.2) is 0 Å². The number of benzene rings is 1. The number of phenols is 1. The lowest BCUT2D eigenvalue weighted by atomic mass is 10.1. The molecular weight excluding hydrogens is 408 g/mol. The first-order valence-electron chi connectivity index (χ1n) is 10.1. The average molecular weight is 430 g/mol. The van der Waals surface area contributed by atoms with Gasteiger partial charge in [0.25, 0.3) is 11.4 Å². The van der Waals surface area contributed by atoms with Gasteiger partial charge in [0.05, 0.1) is 12.6 Å². The molecule has 1 fully saturated rings. The third kappa shape index (κ3) is 3.70. The number of nitrogens with zero attached hydrogens (tertiary/aromatic N) is 6. The average Bonchev–Trinajstić information content (AvgIpc) is 2.82. The molecule has 4 rings (SSSR count). The smallest absolute Gasteiger partial charge is 0.271 e. The number of fused-ring (bicyclic) bond motifs is 1. The van der Waals surface area contributed by atoms with Crippen LogP contribution >= 0.6 is 0 Å². The van der Waals surface area contributed by atoms with Crippen LogP contribution in [0.3, 0.4) is 0 Å². The Balaban J connectivity index is 1.63. The van der Waals surface area contributed by atoms with Crippen LogP contribution in [-0.2, 0) is 13.6 Å². The Bertz CT molecular complexity index is 1330. The second kappa shape index (κ2) is 8.58. The summed E-state index contributed by atoms with van der Waals surface area (Å²) in [7, 11) is 3.16. The molecule has 0 amide bonds. The molecule has 1 saturated heterocycles. The van der Waals surface area contributed by atoms with Gasteiger partial charge in [0, 0.05) is 51.4 Å². The second-order valence-corrected chi connectivity index (χ2v) is 7.61. The zero-order valence-electron chi connectivity index (χ0n) is 17.9. The van der Waals surface area contributed by atoms with E-state index in [9.17, 15) is 15.2 Å². The molecule has 9 heteroatoms. The van der Waals surface area contributed by atoms with E-state index in [0.29, 0.717) is 55.2 Å². The van der Waals surface area contributed by atoms with Crippen LogP contribution in [0, 0.1) is 17.9 Å². The van der Waals surface area contributed by atoms with Gasteiger partial charge in [-0.15, -0.1) is 4.98 Å². The van der Waals surface area contributed by atoms with Crippen LogP contribution in [0.1, 0.15) is 11.1 Å². The van der Waals surface area contributed by atoms with Crippen LogP contribution in [0.4, 0.5) is 11.5 Å². The summed E-state index contributed by atoms with van der Waals surface area (Å²) in [5.74, 6) is 1.01. The molecule has 32 heavy (non-hydrogen) atoms. The fourth-order valence-corrected chi connectivity index (χ4v) is 4.03. The highest BCUT2D eigenvalue weighted by Gasteiger charge is 2.27. The Morgan fingerprint density at radius 2 is 2.00 bits per heavy atom. The molecule has 0 bridgehead atoms. The van der Waals surface area contributed by atoms with E-state index in [1.807, 2.05) is 23.1 Å². The molecule has 0 unspecified atom stereocenters. The number of hydrogen-bond donors (Lipinski definition) is 1. The van der Waals surface area contributed by atoms with Crippen LogP contribution in [0.15, 0.2) is 35.1 Å². The summed E-state index contributed by atoms with van der Waals surface area (Å²) in [5.41, 5.74) is 2.02. The van der Waals surface area contributed by atoms with E-state index in [1.165, 1.54) is 4.57 Å². The maximum atomic E-state index is 12.8. The number of aromatic nitrogens is 2. The van der Waals surface area contributed by atoms with E-state index in [1.54, 1.807) is 32.4 Å². The molecule has 3 aromatic rings. The number of aromatic hydroxyl groups is 1.